The molecule has 0 unspecified atom stereocenters. The Balaban J connectivity index is 1.79. The fourth-order valence-corrected chi connectivity index (χ4v) is 1.65. The Morgan fingerprint density at radius 3 is 2.74 bits per heavy atom. The van der Waals surface area contributed by atoms with Crippen LogP contribution in [0.25, 0.3) is 0 Å². The van der Waals surface area contributed by atoms with Crippen LogP contribution in [0.3, 0.4) is 0 Å². The van der Waals surface area contributed by atoms with Gasteiger partial charge in [0.25, 0.3) is 0 Å². The number of halogens is 3. The fraction of sp³-hybridized carbons (Fsp3) is 0.154. The van der Waals surface area contributed by atoms with Gasteiger partial charge in [0.05, 0.1) is 6.54 Å². The summed E-state index contributed by atoms with van der Waals surface area (Å²) in [6.45, 7) is 0.714. The highest BCUT2D eigenvalue weighted by Crippen LogP contribution is 2.17. The molecular formula is C13H11BrF2N2O. The van der Waals surface area contributed by atoms with E-state index in [0.29, 0.717) is 12.4 Å². The Labute approximate surface area is 117 Å². The number of nitrogens with one attached hydrogen (secondary N) is 1. The molecule has 0 atom stereocenters. The zero-order valence-electron chi connectivity index (χ0n) is 9.87. The summed E-state index contributed by atoms with van der Waals surface area (Å²) in [7, 11) is 0. The van der Waals surface area contributed by atoms with Crippen molar-refractivity contribution in [2.45, 2.75) is 0 Å². The monoisotopic (exact) mass is 328 g/mol. The number of aromatic nitrogens is 1. The molecular weight excluding hydrogens is 318 g/mol. The maximum atomic E-state index is 13.2. The average molecular weight is 329 g/mol. The van der Waals surface area contributed by atoms with Crippen LogP contribution < -0.4 is 10.1 Å². The minimum atomic E-state index is -0.707. The molecule has 0 aliphatic carbocycles. The molecule has 0 aliphatic rings. The van der Waals surface area contributed by atoms with Crippen molar-refractivity contribution in [3.8, 4) is 5.75 Å². The second-order valence-corrected chi connectivity index (χ2v) is 4.63. The molecule has 100 valence electrons. The molecule has 1 aromatic heterocycles. The summed E-state index contributed by atoms with van der Waals surface area (Å²) in [6.07, 6.45) is 1.67. The number of nitrogens with zero attached hydrogens (tertiary/aromatic N) is 1. The van der Waals surface area contributed by atoms with E-state index in [-0.39, 0.29) is 12.4 Å². The summed E-state index contributed by atoms with van der Waals surface area (Å²) >= 11 is 3.28. The third kappa shape index (κ3) is 4.17. The molecule has 6 heteroatoms. The van der Waals surface area contributed by atoms with Gasteiger partial charge in [-0.1, -0.05) is 0 Å². The second kappa shape index (κ2) is 6.47. The van der Waals surface area contributed by atoms with Gasteiger partial charge in [0.2, 0.25) is 0 Å². The molecule has 0 saturated carbocycles. The smallest absolute Gasteiger partial charge is 0.167 e. The van der Waals surface area contributed by atoms with Gasteiger partial charge in [-0.15, -0.1) is 0 Å². The Morgan fingerprint density at radius 2 is 2.05 bits per heavy atom. The third-order valence-electron chi connectivity index (χ3n) is 2.29. The zero-order valence-corrected chi connectivity index (χ0v) is 11.5. The van der Waals surface area contributed by atoms with Crippen molar-refractivity contribution in [3.05, 3.63) is 52.6 Å². The first-order valence-electron chi connectivity index (χ1n) is 5.58. The van der Waals surface area contributed by atoms with Gasteiger partial charge < -0.3 is 10.1 Å². The predicted molar refractivity (Wildman–Crippen MR) is 72.3 cm³/mol. The quantitative estimate of drug-likeness (QED) is 0.851. The van der Waals surface area contributed by atoms with E-state index in [1.807, 2.05) is 12.1 Å². The number of ether oxygens (including phenoxy) is 1. The van der Waals surface area contributed by atoms with Gasteiger partial charge in [-0.3, -0.25) is 0 Å². The molecule has 1 N–H and O–H groups in total. The van der Waals surface area contributed by atoms with Gasteiger partial charge >= 0.3 is 0 Å². The van der Waals surface area contributed by atoms with Crippen LogP contribution in [0.1, 0.15) is 0 Å². The normalized spacial score (nSPS) is 10.3. The van der Waals surface area contributed by atoms with Crippen LogP contribution in [0.4, 0.5) is 14.6 Å². The van der Waals surface area contributed by atoms with Crippen molar-refractivity contribution in [2.75, 3.05) is 18.5 Å². The van der Waals surface area contributed by atoms with E-state index in [0.717, 1.165) is 16.6 Å². The molecule has 0 aliphatic heterocycles. The SMILES string of the molecule is Fc1ccc(OCCNc2ccc(Br)cn2)c(F)c1. The van der Waals surface area contributed by atoms with Crippen molar-refractivity contribution in [1.82, 2.24) is 4.98 Å². The van der Waals surface area contributed by atoms with Crippen LogP contribution in [-0.2, 0) is 0 Å². The lowest BCUT2D eigenvalue weighted by molar-refractivity contribution is 0.314. The number of hydrogen-bond acceptors (Lipinski definition) is 3. The Hall–Kier alpha value is -1.69. The summed E-state index contributed by atoms with van der Waals surface area (Å²) in [5, 5.41) is 3.02. The van der Waals surface area contributed by atoms with Crippen molar-refractivity contribution < 1.29 is 13.5 Å². The van der Waals surface area contributed by atoms with Gasteiger partial charge in [0, 0.05) is 16.7 Å². The standard InChI is InChI=1S/C13H11BrF2N2O/c14-9-1-4-13(18-8-9)17-5-6-19-12-3-2-10(15)7-11(12)16/h1-4,7-8H,5-6H2,(H,17,18). The predicted octanol–water partition coefficient (Wildman–Crippen LogP) is 3.61. The van der Waals surface area contributed by atoms with Crippen LogP contribution in [-0.4, -0.2) is 18.1 Å². The number of hydrogen-bond donors (Lipinski definition) is 1. The molecule has 2 rings (SSSR count). The highest BCUT2D eigenvalue weighted by molar-refractivity contribution is 9.10. The lowest BCUT2D eigenvalue weighted by atomic mass is 10.3. The second-order valence-electron chi connectivity index (χ2n) is 3.71. The van der Waals surface area contributed by atoms with E-state index in [1.54, 1.807) is 6.20 Å². The van der Waals surface area contributed by atoms with E-state index in [9.17, 15) is 8.78 Å². The maximum Gasteiger partial charge on any atom is 0.167 e. The Kier molecular flexibility index (Phi) is 4.68. The van der Waals surface area contributed by atoms with Crippen LogP contribution >= 0.6 is 15.9 Å². The summed E-state index contributed by atoms with van der Waals surface area (Å²) in [5.41, 5.74) is 0. The van der Waals surface area contributed by atoms with Crippen LogP contribution in [0.2, 0.25) is 0 Å². The zero-order chi connectivity index (χ0) is 13.7. The highest BCUT2D eigenvalue weighted by Gasteiger charge is 2.04. The molecule has 3 nitrogen and oxygen atoms in total. The molecule has 2 aromatic rings. The molecule has 0 spiro atoms. The number of anilines is 1. The summed E-state index contributed by atoms with van der Waals surface area (Å²) in [4.78, 5) is 4.11. The molecule has 0 radical (unpaired) electrons. The van der Waals surface area contributed by atoms with E-state index < -0.39 is 11.6 Å². The Bertz CT molecular complexity index is 549. The van der Waals surface area contributed by atoms with Gasteiger partial charge in [-0.05, 0) is 40.2 Å². The lowest BCUT2D eigenvalue weighted by Crippen LogP contribution is -2.12. The molecule has 0 saturated heterocycles. The first-order chi connectivity index (χ1) is 9.15. The van der Waals surface area contributed by atoms with Crippen molar-refractivity contribution in [1.29, 1.82) is 0 Å². The van der Waals surface area contributed by atoms with Crippen LogP contribution in [0.5, 0.6) is 5.75 Å². The first kappa shape index (κ1) is 13.7. The molecule has 19 heavy (non-hydrogen) atoms. The summed E-state index contributed by atoms with van der Waals surface area (Å²) in [6, 6.07) is 6.88. The maximum absolute atomic E-state index is 13.2. The van der Waals surface area contributed by atoms with E-state index in [4.69, 9.17) is 4.74 Å². The van der Waals surface area contributed by atoms with Crippen LogP contribution in [0.15, 0.2) is 41.0 Å². The average Bonchev–Trinajstić information content (AvgIpc) is 2.39. The highest BCUT2D eigenvalue weighted by atomic mass is 79.9. The molecule has 1 heterocycles. The molecule has 1 aromatic carbocycles. The Morgan fingerprint density at radius 1 is 1.21 bits per heavy atom. The van der Waals surface area contributed by atoms with Gasteiger partial charge in [0.1, 0.15) is 18.2 Å². The van der Waals surface area contributed by atoms with Gasteiger partial charge in [-0.2, -0.15) is 0 Å². The van der Waals surface area contributed by atoms with E-state index in [1.165, 1.54) is 6.07 Å². The van der Waals surface area contributed by atoms with Gasteiger partial charge in [0.15, 0.2) is 11.6 Å². The number of rotatable bonds is 5. The fourth-order valence-electron chi connectivity index (χ4n) is 1.41. The minimum absolute atomic E-state index is 0.0342. The lowest BCUT2D eigenvalue weighted by Gasteiger charge is -2.08. The topological polar surface area (TPSA) is 34.1 Å². The number of pyridine rings is 1. The molecule has 0 amide bonds. The van der Waals surface area contributed by atoms with E-state index >= 15 is 0 Å². The summed E-state index contributed by atoms with van der Waals surface area (Å²) < 4.78 is 32.0. The third-order valence-corrected chi connectivity index (χ3v) is 2.76. The van der Waals surface area contributed by atoms with Gasteiger partial charge in [-0.25, -0.2) is 13.8 Å². The molecule has 0 bridgehead atoms. The largest absolute Gasteiger partial charge is 0.489 e. The summed E-state index contributed by atoms with van der Waals surface area (Å²) in [5.74, 6) is -0.595. The van der Waals surface area contributed by atoms with Crippen LogP contribution in [0, 0.1) is 11.6 Å². The van der Waals surface area contributed by atoms with Crippen molar-refractivity contribution in [3.63, 3.8) is 0 Å². The van der Waals surface area contributed by atoms with E-state index in [2.05, 4.69) is 26.2 Å². The first-order valence-corrected chi connectivity index (χ1v) is 6.38. The van der Waals surface area contributed by atoms with Crippen molar-refractivity contribution >= 4 is 21.7 Å². The number of benzene rings is 1. The van der Waals surface area contributed by atoms with Crippen molar-refractivity contribution in [2.24, 2.45) is 0 Å². The minimum Gasteiger partial charge on any atom is -0.489 e. The molecule has 0 fully saturated rings.